The van der Waals surface area contributed by atoms with E-state index in [-0.39, 0.29) is 18.6 Å². The molecule has 17 heavy (non-hydrogen) atoms. The highest BCUT2D eigenvalue weighted by atomic mass is 16.5. The highest BCUT2D eigenvalue weighted by Crippen LogP contribution is 2.27. The first kappa shape index (κ1) is 13.8. The molecule has 3 N–H and O–H groups in total. The number of benzene rings is 1. The van der Waals surface area contributed by atoms with Crippen LogP contribution in [0.4, 0.5) is 0 Å². The summed E-state index contributed by atoms with van der Waals surface area (Å²) < 4.78 is 10.9. The maximum absolute atomic E-state index is 9.32. The molecule has 1 rings (SSSR count). The van der Waals surface area contributed by atoms with Crippen LogP contribution in [0.2, 0.25) is 0 Å². The van der Waals surface area contributed by atoms with Crippen LogP contribution in [-0.4, -0.2) is 31.0 Å². The lowest BCUT2D eigenvalue weighted by atomic mass is 10.00. The molecule has 0 saturated heterocycles. The second kappa shape index (κ2) is 6.47. The molecule has 2 unspecified atom stereocenters. The van der Waals surface area contributed by atoms with Gasteiger partial charge >= 0.3 is 0 Å². The number of hydrogen-bond donors (Lipinski definition) is 2. The van der Waals surface area contributed by atoms with Crippen LogP contribution in [-0.2, 0) is 0 Å². The van der Waals surface area contributed by atoms with E-state index in [0.717, 1.165) is 0 Å². The lowest BCUT2D eigenvalue weighted by molar-refractivity contribution is 0.0786. The fourth-order valence-corrected chi connectivity index (χ4v) is 1.55. The van der Waals surface area contributed by atoms with Gasteiger partial charge in [-0.3, -0.25) is 0 Å². The third kappa shape index (κ3) is 3.61. The average Bonchev–Trinajstić information content (AvgIpc) is 2.35. The maximum atomic E-state index is 9.32. The van der Waals surface area contributed by atoms with Gasteiger partial charge in [0.05, 0.1) is 13.7 Å². The van der Waals surface area contributed by atoms with E-state index in [1.165, 1.54) is 0 Å². The monoisotopic (exact) mass is 239 g/mol. The standard InChI is InChI=1S/C13H21NO3/c1-9(2)13(14)12(8-15)17-11-7-5-4-6-10(11)16-3/h4-7,9,12-13,15H,8,14H2,1-3H3. The van der Waals surface area contributed by atoms with E-state index in [0.29, 0.717) is 11.5 Å². The van der Waals surface area contributed by atoms with Crippen molar-refractivity contribution in [2.45, 2.75) is 26.0 Å². The number of ether oxygens (including phenoxy) is 2. The summed E-state index contributed by atoms with van der Waals surface area (Å²) in [5.41, 5.74) is 5.98. The van der Waals surface area contributed by atoms with Gasteiger partial charge in [0, 0.05) is 6.04 Å². The number of nitrogens with two attached hydrogens (primary N) is 1. The van der Waals surface area contributed by atoms with Crippen molar-refractivity contribution >= 4 is 0 Å². The summed E-state index contributed by atoms with van der Waals surface area (Å²) in [5, 5.41) is 9.32. The van der Waals surface area contributed by atoms with Gasteiger partial charge in [0.25, 0.3) is 0 Å². The van der Waals surface area contributed by atoms with Crippen LogP contribution in [0.25, 0.3) is 0 Å². The minimum Gasteiger partial charge on any atom is -0.493 e. The smallest absolute Gasteiger partial charge is 0.161 e. The molecular formula is C13H21NO3. The van der Waals surface area contributed by atoms with Crippen molar-refractivity contribution in [3.05, 3.63) is 24.3 Å². The van der Waals surface area contributed by atoms with E-state index >= 15 is 0 Å². The fraction of sp³-hybridized carbons (Fsp3) is 0.538. The molecule has 1 aromatic rings. The second-order valence-electron chi connectivity index (χ2n) is 4.31. The lowest BCUT2D eigenvalue weighted by Crippen LogP contribution is -2.45. The average molecular weight is 239 g/mol. The van der Waals surface area contributed by atoms with Gasteiger partial charge in [0.2, 0.25) is 0 Å². The molecule has 96 valence electrons. The van der Waals surface area contributed by atoms with Crippen molar-refractivity contribution < 1.29 is 14.6 Å². The molecule has 4 heteroatoms. The number of aliphatic hydroxyl groups is 1. The van der Waals surface area contributed by atoms with Crippen molar-refractivity contribution in [3.63, 3.8) is 0 Å². The Labute approximate surface area is 102 Å². The van der Waals surface area contributed by atoms with Crippen molar-refractivity contribution in [1.82, 2.24) is 0 Å². The van der Waals surface area contributed by atoms with E-state index in [4.69, 9.17) is 15.2 Å². The van der Waals surface area contributed by atoms with Crippen LogP contribution >= 0.6 is 0 Å². The Morgan fingerprint density at radius 2 is 1.82 bits per heavy atom. The van der Waals surface area contributed by atoms with Crippen molar-refractivity contribution in [3.8, 4) is 11.5 Å². The van der Waals surface area contributed by atoms with E-state index in [2.05, 4.69) is 0 Å². The van der Waals surface area contributed by atoms with Gasteiger partial charge in [-0.05, 0) is 18.1 Å². The predicted octanol–water partition coefficient (Wildman–Crippen LogP) is 1.42. The molecule has 0 radical (unpaired) electrons. The third-order valence-electron chi connectivity index (χ3n) is 2.73. The summed E-state index contributed by atoms with van der Waals surface area (Å²) in [6, 6.07) is 7.11. The Balaban J connectivity index is 2.80. The number of aliphatic hydroxyl groups excluding tert-OH is 1. The minimum atomic E-state index is -0.425. The molecule has 0 heterocycles. The zero-order valence-corrected chi connectivity index (χ0v) is 10.6. The zero-order chi connectivity index (χ0) is 12.8. The summed E-state index contributed by atoms with van der Waals surface area (Å²) >= 11 is 0. The first-order valence-corrected chi connectivity index (χ1v) is 5.76. The van der Waals surface area contributed by atoms with E-state index in [9.17, 15) is 5.11 Å². The highest BCUT2D eigenvalue weighted by molar-refractivity contribution is 5.39. The van der Waals surface area contributed by atoms with Gasteiger partial charge in [0.15, 0.2) is 11.5 Å². The molecule has 0 aromatic heterocycles. The molecule has 0 aliphatic heterocycles. The van der Waals surface area contributed by atoms with Gasteiger partial charge in [-0.15, -0.1) is 0 Å². The number of para-hydroxylation sites is 2. The molecule has 0 fully saturated rings. The number of rotatable bonds is 6. The normalized spacial score (nSPS) is 14.5. The SMILES string of the molecule is COc1ccccc1OC(CO)C(N)C(C)C. The molecule has 0 saturated carbocycles. The van der Waals surface area contributed by atoms with Crippen LogP contribution in [0.15, 0.2) is 24.3 Å². The van der Waals surface area contributed by atoms with Crippen LogP contribution < -0.4 is 15.2 Å². The predicted molar refractivity (Wildman–Crippen MR) is 67.3 cm³/mol. The quantitative estimate of drug-likeness (QED) is 0.788. The fourth-order valence-electron chi connectivity index (χ4n) is 1.55. The molecule has 0 aliphatic carbocycles. The van der Waals surface area contributed by atoms with Crippen molar-refractivity contribution in [2.24, 2.45) is 11.7 Å². The van der Waals surface area contributed by atoms with Gasteiger partial charge in [-0.25, -0.2) is 0 Å². The first-order valence-electron chi connectivity index (χ1n) is 5.76. The minimum absolute atomic E-state index is 0.114. The summed E-state index contributed by atoms with van der Waals surface area (Å²) in [5.74, 6) is 1.48. The Kier molecular flexibility index (Phi) is 5.25. The lowest BCUT2D eigenvalue weighted by Gasteiger charge is -2.26. The van der Waals surface area contributed by atoms with E-state index < -0.39 is 6.10 Å². The van der Waals surface area contributed by atoms with Crippen LogP contribution in [0.3, 0.4) is 0 Å². The van der Waals surface area contributed by atoms with Gasteiger partial charge in [-0.2, -0.15) is 0 Å². The van der Waals surface area contributed by atoms with E-state index in [1.807, 2.05) is 32.0 Å². The van der Waals surface area contributed by atoms with E-state index in [1.54, 1.807) is 13.2 Å². The van der Waals surface area contributed by atoms with Crippen LogP contribution in [0, 0.1) is 5.92 Å². The molecule has 0 aliphatic rings. The van der Waals surface area contributed by atoms with Crippen LogP contribution in [0.5, 0.6) is 11.5 Å². The van der Waals surface area contributed by atoms with Gasteiger partial charge < -0.3 is 20.3 Å². The van der Waals surface area contributed by atoms with Crippen molar-refractivity contribution in [1.29, 1.82) is 0 Å². The second-order valence-corrected chi connectivity index (χ2v) is 4.31. The molecule has 0 bridgehead atoms. The molecule has 4 nitrogen and oxygen atoms in total. The van der Waals surface area contributed by atoms with Gasteiger partial charge in [0.1, 0.15) is 6.10 Å². The topological polar surface area (TPSA) is 64.7 Å². The molecule has 0 amide bonds. The Hall–Kier alpha value is -1.26. The Morgan fingerprint density at radius 3 is 2.29 bits per heavy atom. The third-order valence-corrected chi connectivity index (χ3v) is 2.73. The summed E-state index contributed by atoms with van der Waals surface area (Å²) in [6.45, 7) is 3.88. The summed E-state index contributed by atoms with van der Waals surface area (Å²) in [4.78, 5) is 0. The Morgan fingerprint density at radius 1 is 1.24 bits per heavy atom. The summed E-state index contributed by atoms with van der Waals surface area (Å²) in [7, 11) is 1.58. The first-order chi connectivity index (χ1) is 8.10. The van der Waals surface area contributed by atoms with Crippen LogP contribution in [0.1, 0.15) is 13.8 Å². The molecule has 2 atom stereocenters. The Bertz CT molecular complexity index is 341. The molecule has 1 aromatic carbocycles. The highest BCUT2D eigenvalue weighted by Gasteiger charge is 2.22. The number of hydrogen-bond acceptors (Lipinski definition) is 4. The van der Waals surface area contributed by atoms with Crippen molar-refractivity contribution in [2.75, 3.05) is 13.7 Å². The summed E-state index contributed by atoms with van der Waals surface area (Å²) in [6.07, 6.45) is -0.425. The molecule has 0 spiro atoms. The molecular weight excluding hydrogens is 218 g/mol. The largest absolute Gasteiger partial charge is 0.493 e. The maximum Gasteiger partial charge on any atom is 0.161 e. The zero-order valence-electron chi connectivity index (χ0n) is 10.6. The number of methoxy groups -OCH3 is 1. The van der Waals surface area contributed by atoms with Gasteiger partial charge in [-0.1, -0.05) is 26.0 Å².